The second-order valence-electron chi connectivity index (χ2n) is 8.28. The molecule has 32 heavy (non-hydrogen) atoms. The van der Waals surface area contributed by atoms with Crippen molar-refractivity contribution in [2.75, 3.05) is 18.1 Å². The largest absolute Gasteiger partial charge is 0.374 e. The van der Waals surface area contributed by atoms with Crippen molar-refractivity contribution in [2.45, 2.75) is 33.1 Å². The number of amides is 1. The van der Waals surface area contributed by atoms with Gasteiger partial charge in [0.05, 0.1) is 10.2 Å². The van der Waals surface area contributed by atoms with E-state index in [9.17, 15) is 9.59 Å². The van der Waals surface area contributed by atoms with Gasteiger partial charge in [-0.3, -0.25) is 9.59 Å². The number of rotatable bonds is 6. The van der Waals surface area contributed by atoms with Gasteiger partial charge in [0, 0.05) is 18.8 Å². The van der Waals surface area contributed by atoms with Crippen molar-refractivity contribution in [3.63, 3.8) is 0 Å². The van der Waals surface area contributed by atoms with Gasteiger partial charge in [-0.1, -0.05) is 53.8 Å². The molecule has 3 aromatic rings. The minimum absolute atomic E-state index is 0.133. The molecule has 1 aliphatic rings. The fourth-order valence-electron chi connectivity index (χ4n) is 4.31. The normalized spacial score (nSPS) is 15.5. The second kappa shape index (κ2) is 9.63. The number of anilines is 1. The maximum absolute atomic E-state index is 13.2. The zero-order valence-electron chi connectivity index (χ0n) is 18.5. The Hall–Kier alpha value is -3.03. The average Bonchev–Trinajstić information content (AvgIpc) is 3.24. The van der Waals surface area contributed by atoms with Crippen LogP contribution in [0.15, 0.2) is 65.9 Å². The fourth-order valence-corrected chi connectivity index (χ4v) is 5.20. The third-order valence-electron chi connectivity index (χ3n) is 6.09. The highest BCUT2D eigenvalue weighted by molar-refractivity contribution is 7.22. The van der Waals surface area contributed by atoms with Crippen LogP contribution in [-0.2, 0) is 16.0 Å². The Morgan fingerprint density at radius 1 is 1.06 bits per heavy atom. The standard InChI is InChI=1S/C25H28N4O2S/c1-17(28-14-12-20(13-15-28)16-19-8-4-3-5-9-19)23(18(2)30)24(31)29(26)25-27-21-10-6-7-11-22(21)32-25/h3-11,20H,12-16,26H2,1-2H3. The van der Waals surface area contributed by atoms with Crippen molar-refractivity contribution < 1.29 is 9.59 Å². The maximum atomic E-state index is 13.2. The molecule has 0 atom stereocenters. The van der Waals surface area contributed by atoms with Crippen LogP contribution in [0.1, 0.15) is 32.3 Å². The highest BCUT2D eigenvalue weighted by atomic mass is 32.1. The van der Waals surface area contributed by atoms with E-state index in [0.717, 1.165) is 47.6 Å². The van der Waals surface area contributed by atoms with E-state index in [1.165, 1.54) is 23.8 Å². The zero-order valence-corrected chi connectivity index (χ0v) is 19.3. The Labute approximate surface area is 192 Å². The molecule has 0 bridgehead atoms. The summed E-state index contributed by atoms with van der Waals surface area (Å²) >= 11 is 1.33. The van der Waals surface area contributed by atoms with Crippen LogP contribution in [-0.4, -0.2) is 34.7 Å². The summed E-state index contributed by atoms with van der Waals surface area (Å²) in [6.45, 7) is 4.90. The smallest absolute Gasteiger partial charge is 0.279 e. The summed E-state index contributed by atoms with van der Waals surface area (Å²) in [7, 11) is 0. The second-order valence-corrected chi connectivity index (χ2v) is 9.29. The van der Waals surface area contributed by atoms with Crippen molar-refractivity contribution in [1.82, 2.24) is 9.88 Å². The minimum atomic E-state index is -0.513. The van der Waals surface area contributed by atoms with Crippen molar-refractivity contribution >= 4 is 38.4 Å². The summed E-state index contributed by atoms with van der Waals surface area (Å²) in [5, 5.41) is 1.39. The van der Waals surface area contributed by atoms with Gasteiger partial charge in [0.15, 0.2) is 5.78 Å². The fraction of sp³-hybridized carbons (Fsp3) is 0.320. The van der Waals surface area contributed by atoms with E-state index in [0.29, 0.717) is 16.7 Å². The molecule has 0 unspecified atom stereocenters. The van der Waals surface area contributed by atoms with E-state index >= 15 is 0 Å². The van der Waals surface area contributed by atoms with Crippen LogP contribution in [0.3, 0.4) is 0 Å². The van der Waals surface area contributed by atoms with E-state index in [1.807, 2.05) is 37.3 Å². The van der Waals surface area contributed by atoms with Gasteiger partial charge in [0.1, 0.15) is 5.57 Å². The molecule has 0 saturated carbocycles. The molecule has 2 aromatic carbocycles. The van der Waals surface area contributed by atoms with Gasteiger partial charge in [-0.2, -0.15) is 0 Å². The zero-order chi connectivity index (χ0) is 22.7. The Morgan fingerprint density at radius 3 is 2.38 bits per heavy atom. The van der Waals surface area contributed by atoms with Crippen molar-refractivity contribution in [3.05, 3.63) is 71.4 Å². The summed E-state index contributed by atoms with van der Waals surface area (Å²) in [5.74, 6) is 5.95. The van der Waals surface area contributed by atoms with Crippen LogP contribution in [0.5, 0.6) is 0 Å². The number of aromatic nitrogens is 1. The monoisotopic (exact) mass is 448 g/mol. The Bertz CT molecular complexity index is 1110. The van der Waals surface area contributed by atoms with E-state index in [1.54, 1.807) is 0 Å². The first-order valence-electron chi connectivity index (χ1n) is 10.9. The summed E-state index contributed by atoms with van der Waals surface area (Å²) in [6.07, 6.45) is 3.11. The van der Waals surface area contributed by atoms with Gasteiger partial charge in [-0.25, -0.2) is 15.8 Å². The van der Waals surface area contributed by atoms with Crippen molar-refractivity contribution in [3.8, 4) is 0 Å². The average molecular weight is 449 g/mol. The third-order valence-corrected chi connectivity index (χ3v) is 7.13. The SMILES string of the molecule is CC(=O)C(C(=O)N(N)c1nc2ccccc2s1)=C(C)N1CCC(Cc2ccccc2)CC1. The number of nitrogens with two attached hydrogens (primary N) is 1. The molecule has 1 aromatic heterocycles. The van der Waals surface area contributed by atoms with Crippen LogP contribution in [0.25, 0.3) is 10.2 Å². The molecular weight excluding hydrogens is 420 g/mol. The van der Waals surface area contributed by atoms with Crippen molar-refractivity contribution in [2.24, 2.45) is 11.8 Å². The first-order chi connectivity index (χ1) is 15.4. The molecule has 2 N–H and O–H groups in total. The first kappa shape index (κ1) is 22.2. The number of hydrogen-bond acceptors (Lipinski definition) is 6. The molecule has 1 fully saturated rings. The van der Waals surface area contributed by atoms with Crippen LogP contribution < -0.4 is 10.9 Å². The third kappa shape index (κ3) is 4.74. The molecule has 0 radical (unpaired) electrons. The highest BCUT2D eigenvalue weighted by Crippen LogP contribution is 2.29. The van der Waals surface area contributed by atoms with Crippen LogP contribution >= 0.6 is 11.3 Å². The highest BCUT2D eigenvalue weighted by Gasteiger charge is 2.29. The molecule has 4 rings (SSSR count). The van der Waals surface area contributed by atoms with Gasteiger partial charge in [0.25, 0.3) is 5.91 Å². The van der Waals surface area contributed by atoms with Crippen LogP contribution in [0.4, 0.5) is 5.13 Å². The number of hydrogen-bond donors (Lipinski definition) is 1. The lowest BCUT2D eigenvalue weighted by Crippen LogP contribution is -2.42. The number of benzene rings is 2. The molecule has 7 heteroatoms. The van der Waals surface area contributed by atoms with Gasteiger partial charge >= 0.3 is 0 Å². The lowest BCUT2D eigenvalue weighted by molar-refractivity contribution is -0.120. The van der Waals surface area contributed by atoms with Gasteiger partial charge in [0.2, 0.25) is 5.13 Å². The van der Waals surface area contributed by atoms with Gasteiger partial charge in [-0.05, 0) is 56.7 Å². The molecule has 1 saturated heterocycles. The number of allylic oxidation sites excluding steroid dienone is 1. The molecule has 166 valence electrons. The molecule has 0 spiro atoms. The Balaban J connectivity index is 1.48. The van der Waals surface area contributed by atoms with Gasteiger partial charge in [-0.15, -0.1) is 0 Å². The van der Waals surface area contributed by atoms with E-state index in [4.69, 9.17) is 5.84 Å². The lowest BCUT2D eigenvalue weighted by Gasteiger charge is -2.35. The topological polar surface area (TPSA) is 79.5 Å². The Kier molecular flexibility index (Phi) is 6.67. The molecular formula is C25H28N4O2S. The number of carbonyl (C=O) groups is 2. The van der Waals surface area contributed by atoms with Crippen molar-refractivity contribution in [1.29, 1.82) is 0 Å². The number of likely N-dealkylation sites (tertiary alicyclic amines) is 1. The number of hydrazine groups is 1. The van der Waals surface area contributed by atoms with Crippen LogP contribution in [0.2, 0.25) is 0 Å². The predicted molar refractivity (Wildman–Crippen MR) is 129 cm³/mol. The quantitative estimate of drug-likeness (QED) is 0.152. The molecule has 1 amide bonds. The van der Waals surface area contributed by atoms with Crippen LogP contribution in [0, 0.1) is 5.92 Å². The van der Waals surface area contributed by atoms with E-state index in [-0.39, 0.29) is 11.4 Å². The lowest BCUT2D eigenvalue weighted by atomic mass is 9.89. The number of thiazole rings is 1. The number of fused-ring (bicyclic) bond motifs is 1. The molecule has 1 aliphatic heterocycles. The minimum Gasteiger partial charge on any atom is -0.374 e. The van der Waals surface area contributed by atoms with Gasteiger partial charge < -0.3 is 4.90 Å². The van der Waals surface area contributed by atoms with E-state index in [2.05, 4.69) is 34.1 Å². The van der Waals surface area contributed by atoms with E-state index < -0.39 is 5.91 Å². The summed E-state index contributed by atoms with van der Waals surface area (Å²) in [4.78, 5) is 32.3. The molecule has 0 aliphatic carbocycles. The molecule has 6 nitrogen and oxygen atoms in total. The number of carbonyl (C=O) groups excluding carboxylic acids is 2. The summed E-state index contributed by atoms with van der Waals surface area (Å²) < 4.78 is 0.941. The number of para-hydroxylation sites is 1. The Morgan fingerprint density at radius 2 is 1.72 bits per heavy atom. The number of nitrogens with zero attached hydrogens (tertiary/aromatic N) is 3. The predicted octanol–water partition coefficient (Wildman–Crippen LogP) is 4.32. The maximum Gasteiger partial charge on any atom is 0.279 e. The molecule has 2 heterocycles. The summed E-state index contributed by atoms with van der Waals surface area (Å²) in [6, 6.07) is 18.1. The summed E-state index contributed by atoms with van der Waals surface area (Å²) in [5.41, 5.74) is 2.96. The number of ketones is 1. The number of piperidine rings is 1. The number of Topliss-reactive ketones (excluding diaryl/α,β-unsaturated/α-hetero) is 1. The first-order valence-corrected chi connectivity index (χ1v) is 11.7.